The fourth-order valence-electron chi connectivity index (χ4n) is 2.41. The van der Waals surface area contributed by atoms with Crippen molar-refractivity contribution in [2.24, 2.45) is 5.73 Å². The quantitative estimate of drug-likeness (QED) is 0.737. The van der Waals surface area contributed by atoms with Gasteiger partial charge in [-0.05, 0) is 30.2 Å². The van der Waals surface area contributed by atoms with E-state index in [0.717, 1.165) is 16.5 Å². The van der Waals surface area contributed by atoms with Crippen molar-refractivity contribution in [2.45, 2.75) is 26.1 Å². The number of aromatic nitrogens is 1. The molecule has 1 heterocycles. The molecule has 0 bridgehead atoms. The largest absolute Gasteiger partial charge is 0.396 e. The smallest absolute Gasteiger partial charge is 0.248 e. The highest BCUT2D eigenvalue weighted by atomic mass is 28.3. The summed E-state index contributed by atoms with van der Waals surface area (Å²) < 4.78 is 0. The Morgan fingerprint density at radius 3 is 2.58 bits per heavy atom. The molecule has 4 N–H and O–H groups in total. The second kappa shape index (κ2) is 4.83. The summed E-state index contributed by atoms with van der Waals surface area (Å²) in [7, 11) is -1.53. The molecule has 0 atom stereocenters. The minimum atomic E-state index is -1.53. The minimum Gasteiger partial charge on any atom is -0.396 e. The molecular formula is C14H20N2O2Si. The van der Waals surface area contributed by atoms with E-state index < -0.39 is 14.0 Å². The molecule has 0 spiro atoms. The zero-order valence-electron chi connectivity index (χ0n) is 11.6. The zero-order valence-corrected chi connectivity index (χ0v) is 12.6. The Bertz CT molecular complexity index is 626. The van der Waals surface area contributed by atoms with E-state index in [0.29, 0.717) is 12.0 Å². The number of H-pyrrole nitrogens is 1. The van der Waals surface area contributed by atoms with Gasteiger partial charge < -0.3 is 15.8 Å². The first-order valence-electron chi connectivity index (χ1n) is 6.40. The van der Waals surface area contributed by atoms with Crippen LogP contribution in [0.3, 0.4) is 0 Å². The number of carbonyl (C=O) groups excluding carboxylic acids is 1. The number of aromatic amines is 1. The minimum absolute atomic E-state index is 0.102. The summed E-state index contributed by atoms with van der Waals surface area (Å²) in [5.41, 5.74) is 7.97. The monoisotopic (exact) mass is 276 g/mol. The van der Waals surface area contributed by atoms with Crippen LogP contribution in [0.5, 0.6) is 0 Å². The van der Waals surface area contributed by atoms with Gasteiger partial charge in [0.1, 0.15) is 0 Å². The Labute approximate surface area is 113 Å². The maximum Gasteiger partial charge on any atom is 0.248 e. The van der Waals surface area contributed by atoms with E-state index in [4.69, 9.17) is 5.73 Å². The van der Waals surface area contributed by atoms with E-state index in [9.17, 15) is 9.90 Å². The predicted octanol–water partition coefficient (Wildman–Crippen LogP) is 1.35. The van der Waals surface area contributed by atoms with E-state index in [1.165, 1.54) is 5.32 Å². The number of amides is 1. The van der Waals surface area contributed by atoms with Gasteiger partial charge in [0, 0.05) is 28.4 Å². The van der Waals surface area contributed by atoms with Gasteiger partial charge in [-0.3, -0.25) is 4.79 Å². The molecule has 2 aromatic rings. The number of fused-ring (bicyclic) bond motifs is 1. The number of hydrogen-bond donors (Lipinski definition) is 3. The number of rotatable bonds is 4. The van der Waals surface area contributed by atoms with E-state index in [1.807, 2.05) is 12.1 Å². The number of carbonyl (C=O) groups is 1. The van der Waals surface area contributed by atoms with Crippen molar-refractivity contribution >= 4 is 30.2 Å². The van der Waals surface area contributed by atoms with Crippen LogP contribution in [0.25, 0.3) is 10.9 Å². The lowest BCUT2D eigenvalue weighted by Gasteiger charge is -2.16. The van der Waals surface area contributed by atoms with E-state index in [-0.39, 0.29) is 6.61 Å². The van der Waals surface area contributed by atoms with Crippen molar-refractivity contribution in [2.75, 3.05) is 6.61 Å². The zero-order chi connectivity index (χ0) is 14.2. The van der Waals surface area contributed by atoms with Gasteiger partial charge in [-0.1, -0.05) is 19.6 Å². The van der Waals surface area contributed by atoms with Crippen molar-refractivity contribution in [1.82, 2.24) is 4.98 Å². The van der Waals surface area contributed by atoms with Gasteiger partial charge in [0.15, 0.2) is 0 Å². The maximum atomic E-state index is 11.3. The summed E-state index contributed by atoms with van der Waals surface area (Å²) in [6, 6.07) is 5.45. The number of aliphatic hydroxyl groups excluding tert-OH is 1. The molecule has 0 aliphatic rings. The molecule has 4 nitrogen and oxygen atoms in total. The fraction of sp³-hybridized carbons (Fsp3) is 0.357. The van der Waals surface area contributed by atoms with Crippen molar-refractivity contribution in [3.05, 3.63) is 29.3 Å². The van der Waals surface area contributed by atoms with Crippen LogP contribution in [-0.2, 0) is 6.42 Å². The van der Waals surface area contributed by atoms with Crippen molar-refractivity contribution in [3.63, 3.8) is 0 Å². The molecule has 0 saturated carbocycles. The molecule has 19 heavy (non-hydrogen) atoms. The molecule has 0 unspecified atom stereocenters. The Morgan fingerprint density at radius 2 is 2.05 bits per heavy atom. The third-order valence-corrected chi connectivity index (χ3v) is 5.23. The van der Waals surface area contributed by atoms with Gasteiger partial charge in [-0.2, -0.15) is 0 Å². The molecule has 2 rings (SSSR count). The van der Waals surface area contributed by atoms with E-state index in [1.54, 1.807) is 6.07 Å². The highest BCUT2D eigenvalue weighted by Gasteiger charge is 2.24. The van der Waals surface area contributed by atoms with Crippen LogP contribution in [0, 0.1) is 0 Å². The molecule has 0 radical (unpaired) electrons. The lowest BCUT2D eigenvalue weighted by atomic mass is 10.1. The standard InChI is InChI=1S/C14H20N2O2Si/c1-19(2,3)14-10(6-7-17)11-8-9(13(15)18)4-5-12(11)16-14/h4-5,8,16-17H,6-7H2,1-3H3,(H2,15,18). The Kier molecular flexibility index (Phi) is 3.51. The van der Waals surface area contributed by atoms with Crippen LogP contribution in [0.1, 0.15) is 15.9 Å². The predicted molar refractivity (Wildman–Crippen MR) is 80.6 cm³/mol. The lowest BCUT2D eigenvalue weighted by Crippen LogP contribution is -2.41. The van der Waals surface area contributed by atoms with Crippen LogP contribution in [0.15, 0.2) is 18.2 Å². The van der Waals surface area contributed by atoms with Gasteiger partial charge in [-0.25, -0.2) is 0 Å². The van der Waals surface area contributed by atoms with Gasteiger partial charge in [0.05, 0.1) is 8.07 Å². The third-order valence-electron chi connectivity index (χ3n) is 3.30. The second-order valence-electron chi connectivity index (χ2n) is 5.83. The first-order chi connectivity index (χ1) is 8.84. The Morgan fingerprint density at radius 1 is 1.37 bits per heavy atom. The number of nitrogens with two attached hydrogens (primary N) is 1. The van der Waals surface area contributed by atoms with Crippen LogP contribution in [-0.4, -0.2) is 30.7 Å². The molecule has 1 aromatic carbocycles. The van der Waals surface area contributed by atoms with Crippen LogP contribution < -0.4 is 11.1 Å². The van der Waals surface area contributed by atoms with Gasteiger partial charge in [-0.15, -0.1) is 0 Å². The lowest BCUT2D eigenvalue weighted by molar-refractivity contribution is 0.100. The molecule has 102 valence electrons. The summed E-state index contributed by atoms with van der Waals surface area (Å²) in [5, 5.41) is 11.5. The first-order valence-corrected chi connectivity index (χ1v) is 9.90. The third kappa shape index (κ3) is 2.57. The van der Waals surface area contributed by atoms with Gasteiger partial charge in [0.2, 0.25) is 5.91 Å². The van der Waals surface area contributed by atoms with Gasteiger partial charge in [0.25, 0.3) is 0 Å². The summed E-state index contributed by atoms with van der Waals surface area (Å²) in [6.45, 7) is 6.87. The first kappa shape index (κ1) is 13.8. The number of aliphatic hydroxyl groups is 1. The number of hydrogen-bond acceptors (Lipinski definition) is 2. The fourth-order valence-corrected chi connectivity index (χ4v) is 4.09. The number of benzene rings is 1. The number of nitrogens with one attached hydrogen (secondary N) is 1. The Balaban J connectivity index is 2.71. The molecule has 0 aliphatic carbocycles. The average molecular weight is 276 g/mol. The van der Waals surface area contributed by atoms with Gasteiger partial charge >= 0.3 is 0 Å². The summed E-state index contributed by atoms with van der Waals surface area (Å²) in [5.74, 6) is -0.424. The second-order valence-corrected chi connectivity index (χ2v) is 10.8. The number of primary amides is 1. The molecule has 1 amide bonds. The average Bonchev–Trinajstić information content (AvgIpc) is 2.68. The van der Waals surface area contributed by atoms with Crippen LogP contribution in [0.4, 0.5) is 0 Å². The van der Waals surface area contributed by atoms with E-state index >= 15 is 0 Å². The molecular weight excluding hydrogens is 256 g/mol. The molecule has 5 heteroatoms. The highest BCUT2D eigenvalue weighted by molar-refractivity contribution is 6.88. The van der Waals surface area contributed by atoms with Crippen LogP contribution >= 0.6 is 0 Å². The van der Waals surface area contributed by atoms with Crippen molar-refractivity contribution in [1.29, 1.82) is 0 Å². The van der Waals surface area contributed by atoms with Crippen LogP contribution in [0.2, 0.25) is 19.6 Å². The highest BCUT2D eigenvalue weighted by Crippen LogP contribution is 2.21. The van der Waals surface area contributed by atoms with E-state index in [2.05, 4.69) is 24.6 Å². The Hall–Kier alpha value is -1.59. The summed E-state index contributed by atoms with van der Waals surface area (Å²) in [6.07, 6.45) is 0.599. The van der Waals surface area contributed by atoms with Crippen molar-refractivity contribution < 1.29 is 9.90 Å². The normalized spacial score (nSPS) is 12.0. The maximum absolute atomic E-state index is 11.3. The SMILES string of the molecule is C[Si](C)(C)c1[nH]c2ccc(C(N)=O)cc2c1CCO. The summed E-state index contributed by atoms with van der Waals surface area (Å²) >= 11 is 0. The summed E-state index contributed by atoms with van der Waals surface area (Å²) in [4.78, 5) is 14.7. The molecule has 0 saturated heterocycles. The molecule has 0 fully saturated rings. The van der Waals surface area contributed by atoms with Crippen molar-refractivity contribution in [3.8, 4) is 0 Å². The molecule has 0 aliphatic heterocycles. The molecule has 1 aromatic heterocycles. The topological polar surface area (TPSA) is 79.1 Å².